The Morgan fingerprint density at radius 3 is 2.68 bits per heavy atom. The fourth-order valence-corrected chi connectivity index (χ4v) is 3.27. The highest BCUT2D eigenvalue weighted by Crippen LogP contribution is 2.20. The second kappa shape index (κ2) is 8.16. The number of hydrogen-bond donors (Lipinski definition) is 2. The number of fused-ring (bicyclic) bond motifs is 1. The van der Waals surface area contributed by atoms with Crippen LogP contribution >= 0.6 is 0 Å². The summed E-state index contributed by atoms with van der Waals surface area (Å²) in [5, 5.41) is 6.12. The molecule has 1 amide bonds. The first-order chi connectivity index (χ1) is 13.7. The number of carbonyl (C=O) groups is 1. The Balaban J connectivity index is 1.32. The summed E-state index contributed by atoms with van der Waals surface area (Å²) in [6.45, 7) is 4.99. The molecule has 0 aliphatic carbocycles. The lowest BCUT2D eigenvalue weighted by Gasteiger charge is -2.17. The van der Waals surface area contributed by atoms with Crippen molar-refractivity contribution in [1.29, 1.82) is 0 Å². The van der Waals surface area contributed by atoms with Crippen molar-refractivity contribution in [2.45, 2.75) is 19.8 Å². The molecule has 144 valence electrons. The SMILES string of the molecule is Cc1nc(NCCNC(=O)c2cnc3ccccc3n2)cc(N2CCCC2)n1. The van der Waals surface area contributed by atoms with Crippen LogP contribution in [-0.4, -0.2) is 52.0 Å². The molecule has 0 atom stereocenters. The normalized spacial score (nSPS) is 13.7. The van der Waals surface area contributed by atoms with Crippen LogP contribution in [0.4, 0.5) is 11.6 Å². The van der Waals surface area contributed by atoms with Gasteiger partial charge in [-0.25, -0.2) is 15.0 Å². The van der Waals surface area contributed by atoms with Crippen LogP contribution in [0.25, 0.3) is 11.0 Å². The van der Waals surface area contributed by atoms with Gasteiger partial charge >= 0.3 is 0 Å². The standard InChI is InChI=1S/C20H23N7O/c1-14-24-18(12-19(25-14)27-10-4-5-11-27)21-8-9-22-20(28)17-13-23-15-6-2-3-7-16(15)26-17/h2-3,6-7,12-13H,4-5,8-11H2,1H3,(H,22,28)(H,21,24,25). The van der Waals surface area contributed by atoms with Gasteiger partial charge in [0, 0.05) is 32.2 Å². The highest BCUT2D eigenvalue weighted by molar-refractivity contribution is 5.93. The van der Waals surface area contributed by atoms with Crippen molar-refractivity contribution < 1.29 is 4.79 Å². The second-order valence-corrected chi connectivity index (χ2v) is 6.78. The Bertz CT molecular complexity index is 985. The third-order valence-corrected chi connectivity index (χ3v) is 4.65. The summed E-state index contributed by atoms with van der Waals surface area (Å²) >= 11 is 0. The molecule has 4 rings (SSSR count). The highest BCUT2D eigenvalue weighted by Gasteiger charge is 2.15. The van der Waals surface area contributed by atoms with Gasteiger partial charge in [0.1, 0.15) is 23.2 Å². The number of amides is 1. The van der Waals surface area contributed by atoms with Gasteiger partial charge in [-0.3, -0.25) is 9.78 Å². The molecule has 0 radical (unpaired) electrons. The molecule has 1 aromatic carbocycles. The van der Waals surface area contributed by atoms with Gasteiger partial charge in [0.2, 0.25) is 0 Å². The van der Waals surface area contributed by atoms with E-state index in [0.717, 1.165) is 36.1 Å². The third kappa shape index (κ3) is 4.16. The van der Waals surface area contributed by atoms with E-state index in [1.165, 1.54) is 19.0 Å². The minimum Gasteiger partial charge on any atom is -0.368 e. The average molecular weight is 377 g/mol. The lowest BCUT2D eigenvalue weighted by Crippen LogP contribution is -2.29. The number of nitrogens with zero attached hydrogens (tertiary/aromatic N) is 5. The number of aromatic nitrogens is 4. The smallest absolute Gasteiger partial charge is 0.271 e. The summed E-state index contributed by atoms with van der Waals surface area (Å²) in [4.78, 5) is 32.2. The van der Waals surface area contributed by atoms with Crippen molar-refractivity contribution in [1.82, 2.24) is 25.3 Å². The molecule has 28 heavy (non-hydrogen) atoms. The average Bonchev–Trinajstić information content (AvgIpc) is 3.25. The molecular formula is C20H23N7O. The number of aryl methyl sites for hydroxylation is 1. The molecule has 0 bridgehead atoms. The van der Waals surface area contributed by atoms with E-state index in [1.807, 2.05) is 37.3 Å². The highest BCUT2D eigenvalue weighted by atomic mass is 16.1. The van der Waals surface area contributed by atoms with Crippen LogP contribution < -0.4 is 15.5 Å². The predicted molar refractivity (Wildman–Crippen MR) is 109 cm³/mol. The molecule has 8 nitrogen and oxygen atoms in total. The molecule has 3 heterocycles. The lowest BCUT2D eigenvalue weighted by molar-refractivity contribution is 0.0950. The van der Waals surface area contributed by atoms with Gasteiger partial charge in [0.15, 0.2) is 0 Å². The lowest BCUT2D eigenvalue weighted by atomic mass is 10.3. The van der Waals surface area contributed by atoms with Crippen molar-refractivity contribution in [3.8, 4) is 0 Å². The zero-order valence-corrected chi connectivity index (χ0v) is 15.9. The Kier molecular flexibility index (Phi) is 5.27. The van der Waals surface area contributed by atoms with Crippen molar-refractivity contribution in [2.75, 3.05) is 36.4 Å². The Morgan fingerprint density at radius 1 is 1.07 bits per heavy atom. The van der Waals surface area contributed by atoms with Crippen molar-refractivity contribution in [3.63, 3.8) is 0 Å². The summed E-state index contributed by atoms with van der Waals surface area (Å²) in [5.41, 5.74) is 1.79. The van der Waals surface area contributed by atoms with Crippen molar-refractivity contribution in [2.24, 2.45) is 0 Å². The number of hydrogen-bond acceptors (Lipinski definition) is 7. The maximum absolute atomic E-state index is 12.3. The second-order valence-electron chi connectivity index (χ2n) is 6.78. The van der Waals surface area contributed by atoms with E-state index in [2.05, 4.69) is 35.5 Å². The fourth-order valence-electron chi connectivity index (χ4n) is 3.27. The van der Waals surface area contributed by atoms with Gasteiger partial charge in [0.25, 0.3) is 5.91 Å². The maximum Gasteiger partial charge on any atom is 0.271 e. The summed E-state index contributed by atoms with van der Waals surface area (Å²) in [7, 11) is 0. The van der Waals surface area contributed by atoms with Crippen LogP contribution in [0, 0.1) is 6.92 Å². The van der Waals surface area contributed by atoms with E-state index in [9.17, 15) is 4.79 Å². The molecule has 1 aliphatic rings. The van der Waals surface area contributed by atoms with Crippen LogP contribution in [0.2, 0.25) is 0 Å². The minimum absolute atomic E-state index is 0.239. The van der Waals surface area contributed by atoms with Gasteiger partial charge in [-0.15, -0.1) is 0 Å². The zero-order chi connectivity index (χ0) is 19.3. The molecule has 2 N–H and O–H groups in total. The van der Waals surface area contributed by atoms with Gasteiger partial charge in [0.05, 0.1) is 17.2 Å². The molecule has 0 saturated carbocycles. The Morgan fingerprint density at radius 2 is 1.86 bits per heavy atom. The monoisotopic (exact) mass is 377 g/mol. The molecule has 1 fully saturated rings. The third-order valence-electron chi connectivity index (χ3n) is 4.65. The summed E-state index contributed by atoms with van der Waals surface area (Å²) in [6, 6.07) is 9.45. The van der Waals surface area contributed by atoms with Crippen LogP contribution in [-0.2, 0) is 0 Å². The van der Waals surface area contributed by atoms with E-state index in [1.54, 1.807) is 0 Å². The number of para-hydroxylation sites is 2. The fraction of sp³-hybridized carbons (Fsp3) is 0.350. The molecule has 0 spiro atoms. The van der Waals surface area contributed by atoms with E-state index in [4.69, 9.17) is 0 Å². The largest absolute Gasteiger partial charge is 0.368 e. The minimum atomic E-state index is -0.239. The zero-order valence-electron chi connectivity index (χ0n) is 15.9. The topological polar surface area (TPSA) is 95.9 Å². The molecule has 2 aromatic heterocycles. The molecule has 8 heteroatoms. The first-order valence-corrected chi connectivity index (χ1v) is 9.53. The van der Waals surface area contributed by atoms with E-state index < -0.39 is 0 Å². The van der Waals surface area contributed by atoms with Gasteiger partial charge in [-0.1, -0.05) is 12.1 Å². The molecular weight excluding hydrogens is 354 g/mol. The summed E-state index contributed by atoms with van der Waals surface area (Å²) in [5.74, 6) is 2.23. The summed E-state index contributed by atoms with van der Waals surface area (Å²) in [6.07, 6.45) is 3.91. The maximum atomic E-state index is 12.3. The van der Waals surface area contributed by atoms with Crippen LogP contribution in [0.1, 0.15) is 29.2 Å². The molecule has 1 saturated heterocycles. The van der Waals surface area contributed by atoms with E-state index in [0.29, 0.717) is 24.3 Å². The van der Waals surface area contributed by atoms with Crippen molar-refractivity contribution in [3.05, 3.63) is 48.0 Å². The van der Waals surface area contributed by atoms with Gasteiger partial charge < -0.3 is 15.5 Å². The van der Waals surface area contributed by atoms with Crippen LogP contribution in [0.5, 0.6) is 0 Å². The molecule has 0 unspecified atom stereocenters. The summed E-state index contributed by atoms with van der Waals surface area (Å²) < 4.78 is 0. The molecule has 1 aliphatic heterocycles. The number of benzene rings is 1. The predicted octanol–water partition coefficient (Wildman–Crippen LogP) is 2.17. The number of anilines is 2. The Labute approximate surface area is 163 Å². The molecule has 3 aromatic rings. The van der Waals surface area contributed by atoms with Gasteiger partial charge in [-0.05, 0) is 31.9 Å². The Hall–Kier alpha value is -3.29. The first kappa shape index (κ1) is 18.1. The van der Waals surface area contributed by atoms with E-state index >= 15 is 0 Å². The van der Waals surface area contributed by atoms with Crippen molar-refractivity contribution >= 4 is 28.6 Å². The number of nitrogens with one attached hydrogen (secondary N) is 2. The van der Waals surface area contributed by atoms with E-state index in [-0.39, 0.29) is 5.91 Å². The van der Waals surface area contributed by atoms with Gasteiger partial charge in [-0.2, -0.15) is 0 Å². The number of carbonyl (C=O) groups excluding carboxylic acids is 1. The van der Waals surface area contributed by atoms with Crippen LogP contribution in [0.3, 0.4) is 0 Å². The first-order valence-electron chi connectivity index (χ1n) is 9.53. The quantitative estimate of drug-likeness (QED) is 0.636. The number of rotatable bonds is 6. The van der Waals surface area contributed by atoms with Crippen LogP contribution in [0.15, 0.2) is 36.5 Å².